The van der Waals surface area contributed by atoms with Crippen molar-refractivity contribution in [1.29, 1.82) is 0 Å². The van der Waals surface area contributed by atoms with Crippen LogP contribution >= 0.6 is 11.5 Å². The zero-order valence-corrected chi connectivity index (χ0v) is 15.0. The second-order valence-electron chi connectivity index (χ2n) is 5.13. The Morgan fingerprint density at radius 2 is 2.21 bits per heavy atom. The number of aromatic nitrogens is 3. The van der Waals surface area contributed by atoms with Gasteiger partial charge in [-0.2, -0.15) is 27.3 Å². The van der Waals surface area contributed by atoms with Gasteiger partial charge in [-0.1, -0.05) is 6.08 Å². The van der Waals surface area contributed by atoms with E-state index in [-0.39, 0.29) is 24.4 Å². The van der Waals surface area contributed by atoms with Crippen molar-refractivity contribution in [3.63, 3.8) is 0 Å². The molecule has 28 heavy (non-hydrogen) atoms. The lowest BCUT2D eigenvalue weighted by atomic mass is 10.2. The van der Waals surface area contributed by atoms with Crippen molar-refractivity contribution in [2.24, 2.45) is 4.99 Å². The molecule has 2 rings (SSSR count). The van der Waals surface area contributed by atoms with Crippen LogP contribution in [0.1, 0.15) is 16.1 Å². The van der Waals surface area contributed by atoms with E-state index < -0.39 is 23.3 Å². The fraction of sp³-hybridized carbons (Fsp3) is 0.188. The third-order valence-corrected chi connectivity index (χ3v) is 3.79. The number of aliphatic hydroxyl groups excluding tert-OH is 1. The fourth-order valence-electron chi connectivity index (χ4n) is 1.98. The number of aliphatic hydroxyl groups is 1. The highest BCUT2D eigenvalue weighted by Crippen LogP contribution is 2.26. The first kappa shape index (κ1) is 21.2. The first-order valence-corrected chi connectivity index (χ1v) is 8.47. The normalized spacial score (nSPS) is 12.4. The maximum atomic E-state index is 12.7. The molecule has 12 heteroatoms. The molecule has 0 aliphatic rings. The molecule has 0 saturated carbocycles. The number of hydrogen-bond acceptors (Lipinski definition) is 7. The Morgan fingerprint density at radius 1 is 1.46 bits per heavy atom. The molecule has 2 heterocycles. The number of halogens is 3. The van der Waals surface area contributed by atoms with E-state index >= 15 is 0 Å². The first-order chi connectivity index (χ1) is 13.3. The molecule has 2 N–H and O–H groups in total. The summed E-state index contributed by atoms with van der Waals surface area (Å²) in [6.45, 7) is 2.46. The number of allylic oxidation sites excluding steroid dienone is 3. The van der Waals surface area contributed by atoms with Crippen molar-refractivity contribution in [3.8, 4) is 5.69 Å². The van der Waals surface area contributed by atoms with Gasteiger partial charge < -0.3 is 10.4 Å². The minimum atomic E-state index is -4.67. The average molecular weight is 413 g/mol. The van der Waals surface area contributed by atoms with Gasteiger partial charge in [0.2, 0.25) is 0 Å². The summed E-state index contributed by atoms with van der Waals surface area (Å²) in [6, 6.07) is 1.13. The molecule has 0 atom stereocenters. The number of carbonyl (C=O) groups is 1. The van der Waals surface area contributed by atoms with Gasteiger partial charge in [0.25, 0.3) is 11.5 Å². The van der Waals surface area contributed by atoms with E-state index in [1.54, 1.807) is 0 Å². The Kier molecular flexibility index (Phi) is 6.95. The van der Waals surface area contributed by atoms with Gasteiger partial charge in [-0.25, -0.2) is 0 Å². The molecule has 0 aromatic carbocycles. The quantitative estimate of drug-likeness (QED) is 0.529. The number of aliphatic imine (C=N–C) groups is 1. The Labute approximate surface area is 160 Å². The van der Waals surface area contributed by atoms with Crippen molar-refractivity contribution in [2.45, 2.75) is 6.18 Å². The molecule has 8 nitrogen and oxygen atoms in total. The van der Waals surface area contributed by atoms with Crippen molar-refractivity contribution in [3.05, 3.63) is 57.1 Å². The van der Waals surface area contributed by atoms with Crippen LogP contribution in [-0.2, 0) is 0 Å². The summed E-state index contributed by atoms with van der Waals surface area (Å²) in [5, 5.41) is 16.7. The molecule has 0 bridgehead atoms. The molecule has 0 saturated heterocycles. The third kappa shape index (κ3) is 5.20. The summed E-state index contributed by atoms with van der Waals surface area (Å²) >= 11 is 1.05. The minimum Gasteiger partial charge on any atom is -0.395 e. The maximum absolute atomic E-state index is 12.7. The molecule has 0 spiro atoms. The van der Waals surface area contributed by atoms with Crippen molar-refractivity contribution in [1.82, 2.24) is 19.5 Å². The van der Waals surface area contributed by atoms with Gasteiger partial charge in [-0.15, -0.1) is 0 Å². The van der Waals surface area contributed by atoms with E-state index in [2.05, 4.69) is 26.5 Å². The van der Waals surface area contributed by atoms with Crippen LogP contribution in [0.3, 0.4) is 0 Å². The van der Waals surface area contributed by atoms with Crippen LogP contribution in [0.2, 0.25) is 0 Å². The second-order valence-corrected chi connectivity index (χ2v) is 5.79. The molecule has 0 fully saturated rings. The van der Waals surface area contributed by atoms with E-state index in [0.717, 1.165) is 28.4 Å². The predicted molar refractivity (Wildman–Crippen MR) is 97.6 cm³/mol. The Morgan fingerprint density at radius 3 is 2.79 bits per heavy atom. The first-order valence-electron chi connectivity index (χ1n) is 7.63. The summed E-state index contributed by atoms with van der Waals surface area (Å²) in [6.07, 6.45) is -0.436. The lowest BCUT2D eigenvalue weighted by Gasteiger charge is -2.08. The lowest BCUT2D eigenvalue weighted by Crippen LogP contribution is -2.35. The number of hydrogen-bond donors (Lipinski definition) is 2. The van der Waals surface area contributed by atoms with E-state index in [4.69, 9.17) is 5.11 Å². The number of nitrogens with zero attached hydrogens (tertiary/aromatic N) is 4. The van der Waals surface area contributed by atoms with Gasteiger partial charge in [0, 0.05) is 11.9 Å². The van der Waals surface area contributed by atoms with Crippen molar-refractivity contribution >= 4 is 30.2 Å². The minimum absolute atomic E-state index is 0.0433. The topological polar surface area (TPSA) is 109 Å². The van der Waals surface area contributed by atoms with Gasteiger partial charge in [0.05, 0.1) is 24.2 Å². The van der Waals surface area contributed by atoms with E-state index in [9.17, 15) is 22.8 Å². The lowest BCUT2D eigenvalue weighted by molar-refractivity contribution is -0.0922. The number of rotatable bonds is 7. The molecule has 2 aromatic heterocycles. The molecule has 2 aromatic rings. The summed E-state index contributed by atoms with van der Waals surface area (Å²) in [7, 11) is 0. The van der Waals surface area contributed by atoms with Crippen molar-refractivity contribution in [2.75, 3.05) is 13.2 Å². The molecule has 1 amide bonds. The zero-order valence-electron chi connectivity index (χ0n) is 14.2. The summed E-state index contributed by atoms with van der Waals surface area (Å²) in [5.41, 5.74) is -1.91. The Bertz CT molecular complexity index is 965. The smallest absolute Gasteiger partial charge is 0.395 e. The van der Waals surface area contributed by atoms with Gasteiger partial charge in [-0.3, -0.25) is 14.6 Å². The van der Waals surface area contributed by atoms with Gasteiger partial charge >= 0.3 is 6.18 Å². The second kappa shape index (κ2) is 9.19. The highest BCUT2D eigenvalue weighted by Gasteiger charge is 2.32. The van der Waals surface area contributed by atoms with Crippen LogP contribution in [0.25, 0.3) is 11.8 Å². The molecule has 148 valence electrons. The van der Waals surface area contributed by atoms with Crippen LogP contribution in [0, 0.1) is 0 Å². The highest BCUT2D eigenvalue weighted by atomic mass is 32.1. The molecule has 0 unspecified atom stereocenters. The zero-order chi connectivity index (χ0) is 20.7. The van der Waals surface area contributed by atoms with Crippen LogP contribution in [-0.4, -0.2) is 51.2 Å². The van der Waals surface area contributed by atoms with Crippen molar-refractivity contribution < 1.29 is 23.1 Å². The molecular weight excluding hydrogens is 399 g/mol. The van der Waals surface area contributed by atoms with Gasteiger partial charge in [0.15, 0.2) is 0 Å². The SMILES string of the molecule is C=N/C(=C\C=C\c1cc(C(=O)NCCO)c(=O)n(-c2cnsc2)n1)C(F)(F)F. The van der Waals surface area contributed by atoms with Crippen LogP contribution < -0.4 is 10.9 Å². The van der Waals surface area contributed by atoms with E-state index in [1.807, 2.05) is 0 Å². The number of nitrogens with one attached hydrogen (secondary N) is 1. The number of amides is 1. The summed E-state index contributed by atoms with van der Waals surface area (Å²) in [5.74, 6) is -0.757. The largest absolute Gasteiger partial charge is 0.433 e. The molecule has 0 radical (unpaired) electrons. The van der Waals surface area contributed by atoms with Crippen LogP contribution in [0.5, 0.6) is 0 Å². The standard InChI is InChI=1S/C16H14F3N5O3S/c1-20-13(16(17,18)19)4-2-3-10-7-12(14(26)21-5-6-25)15(27)24(23-10)11-8-22-28-9-11/h2-4,7-9,25H,1,5-6H2,(H,21,26)/b3-2+,13-4-. The molecule has 0 aliphatic heterocycles. The Balaban J connectivity index is 2.49. The predicted octanol–water partition coefficient (Wildman–Crippen LogP) is 1.57. The fourth-order valence-corrected chi connectivity index (χ4v) is 2.47. The maximum Gasteiger partial charge on any atom is 0.433 e. The molecular formula is C16H14F3N5O3S. The van der Waals surface area contributed by atoms with E-state index in [0.29, 0.717) is 11.8 Å². The monoisotopic (exact) mass is 413 g/mol. The molecule has 0 aliphatic carbocycles. The van der Waals surface area contributed by atoms with Crippen LogP contribution in [0.15, 0.2) is 45.3 Å². The summed E-state index contributed by atoms with van der Waals surface area (Å²) < 4.78 is 42.8. The summed E-state index contributed by atoms with van der Waals surface area (Å²) in [4.78, 5) is 27.6. The number of carbonyl (C=O) groups excluding carboxylic acids is 1. The van der Waals surface area contributed by atoms with Gasteiger partial charge in [0.1, 0.15) is 11.3 Å². The highest BCUT2D eigenvalue weighted by molar-refractivity contribution is 7.03. The third-order valence-electron chi connectivity index (χ3n) is 3.22. The number of alkyl halides is 3. The van der Waals surface area contributed by atoms with Gasteiger partial charge in [-0.05, 0) is 36.5 Å². The van der Waals surface area contributed by atoms with E-state index in [1.165, 1.54) is 17.7 Å². The Hall–Kier alpha value is -3.12. The van der Waals surface area contributed by atoms with Crippen LogP contribution in [0.4, 0.5) is 13.2 Å². The average Bonchev–Trinajstić information content (AvgIpc) is 3.17.